The zero-order chi connectivity index (χ0) is 16.7. The number of nitriles is 1. The molecule has 0 radical (unpaired) electrons. The Kier molecular flexibility index (Phi) is 3.14. The molecule has 0 bridgehead atoms. The van der Waals surface area contributed by atoms with E-state index in [1.165, 1.54) is 6.07 Å². The maximum absolute atomic E-state index is 14.0. The molecule has 0 aliphatic heterocycles. The van der Waals surface area contributed by atoms with E-state index in [0.29, 0.717) is 5.56 Å². The molecule has 4 aromatic rings. The number of hydrogen-bond acceptors (Lipinski definition) is 3. The van der Waals surface area contributed by atoms with Crippen LogP contribution < -0.4 is 0 Å². The summed E-state index contributed by atoms with van der Waals surface area (Å²) < 4.78 is 19.8. The van der Waals surface area contributed by atoms with Gasteiger partial charge >= 0.3 is 0 Å². The number of fused-ring (bicyclic) bond motifs is 3. The van der Waals surface area contributed by atoms with Gasteiger partial charge in [0, 0.05) is 22.6 Å². The highest BCUT2D eigenvalue weighted by atomic mass is 19.1. The Labute approximate surface area is 137 Å². The van der Waals surface area contributed by atoms with Crippen LogP contribution in [0.15, 0.2) is 59.0 Å². The van der Waals surface area contributed by atoms with Crippen LogP contribution in [0.25, 0.3) is 33.1 Å². The number of nitrogens with zero attached hydrogens (tertiary/aromatic N) is 1. The number of para-hydroxylation sites is 1. The summed E-state index contributed by atoms with van der Waals surface area (Å²) in [6, 6.07) is 18.4. The fourth-order valence-electron chi connectivity index (χ4n) is 2.91. The molecule has 0 saturated carbocycles. The molecule has 0 aliphatic rings. The van der Waals surface area contributed by atoms with Gasteiger partial charge in [0.15, 0.2) is 0 Å². The van der Waals surface area contributed by atoms with Gasteiger partial charge in [0.1, 0.15) is 23.1 Å². The Bertz CT molecular complexity index is 1150. The Morgan fingerprint density at radius 2 is 1.75 bits per heavy atom. The minimum absolute atomic E-state index is 0.0734. The maximum atomic E-state index is 14.0. The lowest BCUT2D eigenvalue weighted by molar-refractivity contribution is 0.622. The molecule has 1 heterocycles. The van der Waals surface area contributed by atoms with Gasteiger partial charge in [-0.25, -0.2) is 4.39 Å². The number of hydrogen-bond donors (Lipinski definition) is 1. The number of rotatable bonds is 2. The van der Waals surface area contributed by atoms with Gasteiger partial charge in [0.2, 0.25) is 0 Å². The van der Waals surface area contributed by atoms with Gasteiger partial charge in [-0.05, 0) is 41.5 Å². The van der Waals surface area contributed by atoms with Crippen LogP contribution in [-0.4, -0.2) is 6.21 Å². The zero-order valence-corrected chi connectivity index (χ0v) is 12.5. The molecule has 0 saturated heterocycles. The van der Waals surface area contributed by atoms with Gasteiger partial charge in [-0.3, -0.25) is 0 Å². The molecule has 0 amide bonds. The number of benzene rings is 3. The minimum Gasteiger partial charge on any atom is -0.456 e. The average Bonchev–Trinajstić information content (AvgIpc) is 2.99. The van der Waals surface area contributed by atoms with Crippen molar-refractivity contribution in [2.75, 3.05) is 0 Å². The molecule has 0 atom stereocenters. The van der Waals surface area contributed by atoms with Crippen LogP contribution in [0.2, 0.25) is 0 Å². The third-order valence-corrected chi connectivity index (χ3v) is 4.09. The van der Waals surface area contributed by atoms with Crippen molar-refractivity contribution in [3.05, 3.63) is 71.5 Å². The second-order valence-corrected chi connectivity index (χ2v) is 5.49. The van der Waals surface area contributed by atoms with E-state index in [9.17, 15) is 4.39 Å². The van der Waals surface area contributed by atoms with E-state index in [2.05, 4.69) is 0 Å². The highest BCUT2D eigenvalue weighted by Crippen LogP contribution is 2.32. The van der Waals surface area contributed by atoms with Gasteiger partial charge < -0.3 is 9.83 Å². The lowest BCUT2D eigenvalue weighted by Gasteiger charge is -2.06. The molecule has 0 spiro atoms. The molecule has 3 aromatic carbocycles. The van der Waals surface area contributed by atoms with E-state index in [4.69, 9.17) is 15.1 Å². The molecule has 4 rings (SSSR count). The number of nitrogens with one attached hydrogen (secondary N) is 1. The van der Waals surface area contributed by atoms with Gasteiger partial charge in [-0.2, -0.15) is 5.26 Å². The molecule has 24 heavy (non-hydrogen) atoms. The van der Waals surface area contributed by atoms with Crippen LogP contribution in [0.3, 0.4) is 0 Å². The summed E-state index contributed by atoms with van der Waals surface area (Å²) in [5, 5.41) is 18.5. The molecule has 0 aliphatic carbocycles. The molecule has 1 N–H and O–H groups in total. The second kappa shape index (κ2) is 5.32. The second-order valence-electron chi connectivity index (χ2n) is 5.49. The summed E-state index contributed by atoms with van der Waals surface area (Å²) in [6.07, 6.45) is 0.916. The van der Waals surface area contributed by atoms with E-state index in [-0.39, 0.29) is 11.1 Å². The van der Waals surface area contributed by atoms with Crippen molar-refractivity contribution < 1.29 is 8.81 Å². The van der Waals surface area contributed by atoms with Crippen molar-refractivity contribution in [1.82, 2.24) is 0 Å². The van der Waals surface area contributed by atoms with E-state index < -0.39 is 5.82 Å². The normalized spacial score (nSPS) is 10.8. The Morgan fingerprint density at radius 3 is 2.54 bits per heavy atom. The van der Waals surface area contributed by atoms with Crippen LogP contribution in [-0.2, 0) is 0 Å². The van der Waals surface area contributed by atoms with Gasteiger partial charge in [0.25, 0.3) is 0 Å². The average molecular weight is 314 g/mol. The monoisotopic (exact) mass is 314 g/mol. The summed E-state index contributed by atoms with van der Waals surface area (Å²) in [6.45, 7) is 0. The first-order chi connectivity index (χ1) is 11.7. The number of furan rings is 1. The predicted molar refractivity (Wildman–Crippen MR) is 91.7 cm³/mol. The van der Waals surface area contributed by atoms with Crippen molar-refractivity contribution in [1.29, 1.82) is 10.7 Å². The van der Waals surface area contributed by atoms with Crippen LogP contribution >= 0.6 is 0 Å². The largest absolute Gasteiger partial charge is 0.456 e. The highest BCUT2D eigenvalue weighted by molar-refractivity contribution is 6.05. The lowest BCUT2D eigenvalue weighted by Crippen LogP contribution is -1.94. The van der Waals surface area contributed by atoms with E-state index in [0.717, 1.165) is 33.7 Å². The highest BCUT2D eigenvalue weighted by Gasteiger charge is 2.12. The van der Waals surface area contributed by atoms with E-state index >= 15 is 0 Å². The van der Waals surface area contributed by atoms with Crippen LogP contribution in [0.4, 0.5) is 4.39 Å². The Balaban J connectivity index is 1.95. The summed E-state index contributed by atoms with van der Waals surface area (Å²) >= 11 is 0. The van der Waals surface area contributed by atoms with Crippen molar-refractivity contribution >= 4 is 28.2 Å². The minimum atomic E-state index is -0.666. The van der Waals surface area contributed by atoms with Crippen LogP contribution in [0.5, 0.6) is 0 Å². The molecule has 4 heteroatoms. The SMILES string of the molecule is N#Cc1cc(-c2ccc3c(c2)oc2ccccc23)cc(C=N)c1F. The predicted octanol–water partition coefficient (Wildman–Crippen LogP) is 5.26. The third-order valence-electron chi connectivity index (χ3n) is 4.09. The standard InChI is InChI=1S/C20H11FN2O/c21-20-14(10-22)7-13(8-15(20)11-23)12-5-6-17-16-3-1-2-4-18(16)24-19(17)9-12/h1-10,22H. The van der Waals surface area contributed by atoms with Crippen molar-refractivity contribution in [2.24, 2.45) is 0 Å². The summed E-state index contributed by atoms with van der Waals surface area (Å²) in [7, 11) is 0. The fraction of sp³-hybridized carbons (Fsp3) is 0. The molecule has 3 nitrogen and oxygen atoms in total. The Morgan fingerprint density at radius 1 is 0.958 bits per heavy atom. The van der Waals surface area contributed by atoms with Crippen LogP contribution in [0, 0.1) is 22.6 Å². The zero-order valence-electron chi connectivity index (χ0n) is 12.5. The number of halogens is 1. The summed E-state index contributed by atoms with van der Waals surface area (Å²) in [5.41, 5.74) is 3.04. The molecule has 0 fully saturated rings. The molecule has 1 aromatic heterocycles. The molecular formula is C20H11FN2O. The summed E-state index contributed by atoms with van der Waals surface area (Å²) in [5.74, 6) is -0.666. The van der Waals surface area contributed by atoms with Crippen LogP contribution in [0.1, 0.15) is 11.1 Å². The van der Waals surface area contributed by atoms with Gasteiger partial charge in [0.05, 0.1) is 5.56 Å². The fourth-order valence-corrected chi connectivity index (χ4v) is 2.91. The summed E-state index contributed by atoms with van der Waals surface area (Å²) in [4.78, 5) is 0. The first-order valence-electron chi connectivity index (χ1n) is 7.37. The van der Waals surface area contributed by atoms with Gasteiger partial charge in [-0.15, -0.1) is 0 Å². The molecule has 114 valence electrons. The first-order valence-corrected chi connectivity index (χ1v) is 7.37. The van der Waals surface area contributed by atoms with Gasteiger partial charge in [-0.1, -0.05) is 24.3 Å². The molecular weight excluding hydrogens is 303 g/mol. The topological polar surface area (TPSA) is 60.8 Å². The van der Waals surface area contributed by atoms with Crippen molar-refractivity contribution in [3.8, 4) is 17.2 Å². The quantitative estimate of drug-likeness (QED) is 0.513. The van der Waals surface area contributed by atoms with E-state index in [1.807, 2.05) is 48.5 Å². The Hall–Kier alpha value is -3.45. The van der Waals surface area contributed by atoms with Crippen molar-refractivity contribution in [3.63, 3.8) is 0 Å². The first kappa shape index (κ1) is 14.2. The van der Waals surface area contributed by atoms with Crippen molar-refractivity contribution in [2.45, 2.75) is 0 Å². The lowest BCUT2D eigenvalue weighted by atomic mass is 9.99. The smallest absolute Gasteiger partial charge is 0.149 e. The third kappa shape index (κ3) is 2.07. The van der Waals surface area contributed by atoms with E-state index in [1.54, 1.807) is 6.07 Å². The maximum Gasteiger partial charge on any atom is 0.149 e. The molecule has 0 unspecified atom stereocenters.